The first-order valence-electron chi connectivity index (χ1n) is 9.71. The second-order valence-corrected chi connectivity index (χ2v) is 7.79. The van der Waals surface area contributed by atoms with Gasteiger partial charge in [-0.2, -0.15) is 0 Å². The van der Waals surface area contributed by atoms with E-state index < -0.39 is 5.97 Å². The van der Waals surface area contributed by atoms with Crippen molar-refractivity contribution in [2.45, 2.75) is 47.5 Å². The molecule has 6 heteroatoms. The summed E-state index contributed by atoms with van der Waals surface area (Å²) >= 11 is 6.50. The molecule has 0 aromatic heterocycles. The highest BCUT2D eigenvalue weighted by molar-refractivity contribution is 6.33. The van der Waals surface area contributed by atoms with E-state index in [2.05, 4.69) is 0 Å². The van der Waals surface area contributed by atoms with Crippen LogP contribution in [0.3, 0.4) is 0 Å². The van der Waals surface area contributed by atoms with Gasteiger partial charge in [0.25, 0.3) is 0 Å². The second-order valence-electron chi connectivity index (χ2n) is 7.41. The van der Waals surface area contributed by atoms with Crippen LogP contribution in [0.2, 0.25) is 5.02 Å². The molecule has 2 aromatic carbocycles. The number of hydrogen-bond acceptors (Lipinski definition) is 5. The molecule has 1 unspecified atom stereocenters. The molecule has 0 fully saturated rings. The molecular weight excluding hydrogens is 404 g/mol. The zero-order chi connectivity index (χ0) is 22.3. The summed E-state index contributed by atoms with van der Waals surface area (Å²) in [7, 11) is 0. The van der Waals surface area contributed by atoms with Gasteiger partial charge in [0.15, 0.2) is 11.5 Å². The number of carbonyl (C=O) groups excluding carboxylic acids is 1. The van der Waals surface area contributed by atoms with Crippen LogP contribution >= 0.6 is 11.6 Å². The maximum atomic E-state index is 13.2. The van der Waals surface area contributed by atoms with Crippen molar-refractivity contribution in [3.05, 3.63) is 57.1 Å². The predicted molar refractivity (Wildman–Crippen MR) is 118 cm³/mol. The standard InChI is InChI=1S/C24H25ClO5/c1-7-9-12(4)17-19(25)20(27)14(6)22-23(17)29-21-13(5)16(26)10-15(11(3)8-2)18(21)24(28)30-22/h7-10,12,26-27H,1-6H3/b9-7-,11-8+. The summed E-state index contributed by atoms with van der Waals surface area (Å²) in [5, 5.41) is 21.2. The van der Waals surface area contributed by atoms with Crippen LogP contribution in [-0.2, 0) is 0 Å². The smallest absolute Gasteiger partial charge is 0.348 e. The number of halogens is 1. The minimum Gasteiger partial charge on any atom is -0.508 e. The van der Waals surface area contributed by atoms with Crippen LogP contribution in [0, 0.1) is 13.8 Å². The number of benzene rings is 2. The summed E-state index contributed by atoms with van der Waals surface area (Å²) in [4.78, 5) is 13.2. The molecule has 0 saturated carbocycles. The molecule has 0 bridgehead atoms. The third-order valence-corrected chi connectivity index (χ3v) is 5.87. The van der Waals surface area contributed by atoms with Crippen LogP contribution in [0.4, 0.5) is 0 Å². The summed E-state index contributed by atoms with van der Waals surface area (Å²) in [6.07, 6.45) is 5.60. The lowest BCUT2D eigenvalue weighted by atomic mass is 9.95. The summed E-state index contributed by atoms with van der Waals surface area (Å²) in [5.41, 5.74) is 2.74. The third-order valence-electron chi connectivity index (χ3n) is 5.49. The van der Waals surface area contributed by atoms with Crippen molar-refractivity contribution in [1.82, 2.24) is 0 Å². The number of phenols is 2. The Hall–Kier alpha value is -2.92. The molecule has 2 N–H and O–H groups in total. The van der Waals surface area contributed by atoms with Crippen LogP contribution in [0.25, 0.3) is 5.57 Å². The Bertz CT molecular complexity index is 1110. The van der Waals surface area contributed by atoms with E-state index >= 15 is 0 Å². The van der Waals surface area contributed by atoms with Gasteiger partial charge in [-0.05, 0) is 51.8 Å². The lowest BCUT2D eigenvalue weighted by Gasteiger charge is -2.21. The molecule has 1 heterocycles. The molecule has 158 valence electrons. The first-order valence-corrected chi connectivity index (χ1v) is 10.1. The van der Waals surface area contributed by atoms with Crippen LogP contribution < -0.4 is 9.47 Å². The number of rotatable bonds is 3. The highest BCUT2D eigenvalue weighted by Gasteiger charge is 2.35. The van der Waals surface area contributed by atoms with E-state index in [9.17, 15) is 15.0 Å². The Morgan fingerprint density at radius 2 is 1.77 bits per heavy atom. The van der Waals surface area contributed by atoms with E-state index in [1.165, 1.54) is 6.07 Å². The molecule has 2 aromatic rings. The predicted octanol–water partition coefficient (Wildman–Crippen LogP) is 6.80. The number of carbonyl (C=O) groups is 1. The number of hydrogen-bond donors (Lipinski definition) is 2. The van der Waals surface area contributed by atoms with E-state index in [1.54, 1.807) is 13.8 Å². The van der Waals surface area contributed by atoms with Gasteiger partial charge in [0.1, 0.15) is 22.8 Å². The molecule has 30 heavy (non-hydrogen) atoms. The molecule has 0 spiro atoms. The normalized spacial score (nSPS) is 14.6. The Labute approximate surface area is 181 Å². The minimum atomic E-state index is -0.627. The topological polar surface area (TPSA) is 76.0 Å². The fraction of sp³-hybridized carbons (Fsp3) is 0.292. The van der Waals surface area contributed by atoms with Crippen LogP contribution in [-0.4, -0.2) is 16.2 Å². The first-order chi connectivity index (χ1) is 14.1. The molecule has 1 atom stereocenters. The Morgan fingerprint density at radius 1 is 1.10 bits per heavy atom. The van der Waals surface area contributed by atoms with Gasteiger partial charge in [0.05, 0.1) is 5.02 Å². The minimum absolute atomic E-state index is 0.00542. The molecular formula is C24H25ClO5. The Morgan fingerprint density at radius 3 is 2.37 bits per heavy atom. The SMILES string of the molecule is C/C=C\C(C)c1c(Cl)c(O)c(C)c2c1Oc1c(C)c(O)cc(/C(C)=C/C)c1C(=O)O2. The number of fused-ring (bicyclic) bond motifs is 2. The maximum absolute atomic E-state index is 13.2. The number of ether oxygens (including phenoxy) is 2. The number of esters is 1. The molecule has 0 radical (unpaired) electrons. The van der Waals surface area contributed by atoms with Gasteiger partial charge in [-0.1, -0.05) is 36.8 Å². The monoisotopic (exact) mass is 428 g/mol. The summed E-state index contributed by atoms with van der Waals surface area (Å²) in [6.45, 7) is 10.7. The average Bonchev–Trinajstić information content (AvgIpc) is 2.86. The number of allylic oxidation sites excluding steroid dienone is 4. The lowest BCUT2D eigenvalue weighted by Crippen LogP contribution is -2.11. The van der Waals surface area contributed by atoms with Gasteiger partial charge >= 0.3 is 5.97 Å². The van der Waals surface area contributed by atoms with E-state index in [-0.39, 0.29) is 45.3 Å². The van der Waals surface area contributed by atoms with Crippen molar-refractivity contribution in [2.24, 2.45) is 0 Å². The fourth-order valence-corrected chi connectivity index (χ4v) is 3.99. The average molecular weight is 429 g/mol. The molecule has 0 aliphatic carbocycles. The lowest BCUT2D eigenvalue weighted by molar-refractivity contribution is 0.0735. The van der Waals surface area contributed by atoms with Crippen molar-refractivity contribution in [1.29, 1.82) is 0 Å². The zero-order valence-electron chi connectivity index (χ0n) is 17.9. The van der Waals surface area contributed by atoms with Crippen molar-refractivity contribution in [2.75, 3.05) is 0 Å². The highest BCUT2D eigenvalue weighted by Crippen LogP contribution is 2.53. The van der Waals surface area contributed by atoms with Crippen molar-refractivity contribution in [3.63, 3.8) is 0 Å². The van der Waals surface area contributed by atoms with Gasteiger partial charge in [-0.25, -0.2) is 4.79 Å². The summed E-state index contributed by atoms with van der Waals surface area (Å²) < 4.78 is 12.0. The van der Waals surface area contributed by atoms with Gasteiger partial charge in [-0.15, -0.1) is 0 Å². The summed E-state index contributed by atoms with van der Waals surface area (Å²) in [6, 6.07) is 1.53. The summed E-state index contributed by atoms with van der Waals surface area (Å²) in [5.74, 6) is -0.419. The van der Waals surface area contributed by atoms with Gasteiger partial charge in [0.2, 0.25) is 0 Å². The van der Waals surface area contributed by atoms with Crippen LogP contribution in [0.1, 0.15) is 66.2 Å². The van der Waals surface area contributed by atoms with Crippen molar-refractivity contribution in [3.8, 4) is 28.7 Å². The molecule has 0 amide bonds. The Kier molecular flexibility index (Phi) is 5.86. The maximum Gasteiger partial charge on any atom is 0.348 e. The number of aromatic hydroxyl groups is 2. The molecule has 5 nitrogen and oxygen atoms in total. The van der Waals surface area contributed by atoms with Crippen molar-refractivity contribution >= 4 is 23.1 Å². The first kappa shape index (κ1) is 21.8. The molecule has 1 aliphatic heterocycles. The zero-order valence-corrected chi connectivity index (χ0v) is 18.6. The largest absolute Gasteiger partial charge is 0.508 e. The van der Waals surface area contributed by atoms with Crippen LogP contribution in [0.5, 0.6) is 28.7 Å². The van der Waals surface area contributed by atoms with E-state index in [1.807, 2.05) is 45.9 Å². The van der Waals surface area contributed by atoms with Gasteiger partial charge in [-0.3, -0.25) is 0 Å². The van der Waals surface area contributed by atoms with E-state index in [4.69, 9.17) is 21.1 Å². The van der Waals surface area contributed by atoms with Crippen LogP contribution in [0.15, 0.2) is 24.3 Å². The molecule has 1 aliphatic rings. The highest BCUT2D eigenvalue weighted by atomic mass is 35.5. The fourth-order valence-electron chi connectivity index (χ4n) is 3.59. The van der Waals surface area contributed by atoms with E-state index in [0.29, 0.717) is 22.3 Å². The number of phenolic OH excluding ortho intramolecular Hbond substituents is 2. The molecule has 0 saturated heterocycles. The quantitative estimate of drug-likeness (QED) is 0.319. The third kappa shape index (κ3) is 3.33. The van der Waals surface area contributed by atoms with Gasteiger partial charge < -0.3 is 19.7 Å². The van der Waals surface area contributed by atoms with E-state index in [0.717, 1.165) is 5.57 Å². The Balaban J connectivity index is 2.42. The molecule has 3 rings (SSSR count). The second kappa shape index (κ2) is 8.07. The van der Waals surface area contributed by atoms with Gasteiger partial charge in [0, 0.05) is 22.6 Å². The van der Waals surface area contributed by atoms with Crippen molar-refractivity contribution < 1.29 is 24.5 Å².